The van der Waals surface area contributed by atoms with E-state index in [1.165, 1.54) is 0 Å². The average molecular weight is 214 g/mol. The summed E-state index contributed by atoms with van der Waals surface area (Å²) < 4.78 is -1.31. The van der Waals surface area contributed by atoms with Gasteiger partial charge in [0.15, 0.2) is 0 Å². The van der Waals surface area contributed by atoms with Gasteiger partial charge in [-0.25, -0.2) is 0 Å². The van der Waals surface area contributed by atoms with Gasteiger partial charge in [0.2, 0.25) is 4.33 Å². The molecule has 0 unspecified atom stereocenters. The maximum absolute atomic E-state index is 8.63. The van der Waals surface area contributed by atoms with Gasteiger partial charge < -0.3 is 0 Å². The molecule has 68 valence electrons. The molecule has 1 rings (SSSR count). The van der Waals surface area contributed by atoms with Crippen LogP contribution in [0.2, 0.25) is 0 Å². The highest BCUT2D eigenvalue weighted by atomic mass is 35.5. The normalized spacial score (nSPS) is 10.9. The summed E-state index contributed by atoms with van der Waals surface area (Å²) in [5, 5.41) is 8.63. The molecule has 0 fully saturated rings. The number of nitriles is 1. The number of nitrogens with zero attached hydrogens (tertiary/aromatic N) is 1. The topological polar surface area (TPSA) is 23.8 Å². The number of hydrogen-bond acceptors (Lipinski definition) is 1. The fourth-order valence-corrected chi connectivity index (χ4v) is 1.38. The van der Waals surface area contributed by atoms with Crippen LogP contribution in [0.1, 0.15) is 11.1 Å². The summed E-state index contributed by atoms with van der Waals surface area (Å²) in [6, 6.07) is 9.59. The largest absolute Gasteiger partial charge is 0.207 e. The molecule has 0 saturated carbocycles. The molecule has 0 aliphatic heterocycles. The van der Waals surface area contributed by atoms with E-state index in [-0.39, 0.29) is 0 Å². The maximum atomic E-state index is 8.63. The molecular formula is C10H9Cl2N. The molecular weight excluding hydrogens is 205 g/mol. The molecule has 0 radical (unpaired) electrons. The second kappa shape index (κ2) is 4.00. The summed E-state index contributed by atoms with van der Waals surface area (Å²) in [6.45, 7) is 1.97. The van der Waals surface area contributed by atoms with Crippen molar-refractivity contribution in [3.8, 4) is 6.07 Å². The summed E-state index contributed by atoms with van der Waals surface area (Å²) in [7, 11) is 0. The minimum absolute atomic E-state index is 0.360. The van der Waals surface area contributed by atoms with E-state index in [2.05, 4.69) is 0 Å². The first kappa shape index (κ1) is 10.4. The van der Waals surface area contributed by atoms with Gasteiger partial charge in [-0.15, -0.1) is 0 Å². The third-order valence-electron chi connectivity index (χ3n) is 1.84. The van der Waals surface area contributed by atoms with E-state index in [4.69, 9.17) is 28.5 Å². The van der Waals surface area contributed by atoms with E-state index in [1.54, 1.807) is 0 Å². The highest BCUT2D eigenvalue weighted by molar-refractivity contribution is 6.50. The lowest BCUT2D eigenvalue weighted by molar-refractivity contribution is 0.936. The van der Waals surface area contributed by atoms with Crippen LogP contribution in [-0.2, 0) is 6.42 Å². The van der Waals surface area contributed by atoms with Crippen LogP contribution in [0.25, 0.3) is 0 Å². The monoisotopic (exact) mass is 213 g/mol. The second-order valence-corrected chi connectivity index (χ2v) is 4.40. The number of hydrogen-bond donors (Lipinski definition) is 0. The average Bonchev–Trinajstić information content (AvgIpc) is 2.09. The molecule has 1 nitrogen and oxygen atoms in total. The molecule has 0 saturated heterocycles. The molecule has 0 heterocycles. The van der Waals surface area contributed by atoms with Crippen molar-refractivity contribution in [2.45, 2.75) is 17.7 Å². The quantitative estimate of drug-likeness (QED) is 0.693. The zero-order chi connectivity index (χ0) is 9.90. The fourth-order valence-electron chi connectivity index (χ4n) is 1.09. The van der Waals surface area contributed by atoms with Crippen LogP contribution in [-0.4, -0.2) is 4.33 Å². The molecule has 13 heavy (non-hydrogen) atoms. The molecule has 1 aromatic carbocycles. The molecule has 0 atom stereocenters. The minimum Gasteiger partial charge on any atom is -0.195 e. The number of halogens is 2. The van der Waals surface area contributed by atoms with E-state index in [0.29, 0.717) is 6.42 Å². The summed E-state index contributed by atoms with van der Waals surface area (Å²) in [5.41, 5.74) is 2.11. The highest BCUT2D eigenvalue weighted by Gasteiger charge is 2.23. The second-order valence-electron chi connectivity index (χ2n) is 2.92. The van der Waals surface area contributed by atoms with E-state index < -0.39 is 4.33 Å². The van der Waals surface area contributed by atoms with E-state index >= 15 is 0 Å². The van der Waals surface area contributed by atoms with Crippen molar-refractivity contribution >= 4 is 23.2 Å². The Labute approximate surface area is 87.9 Å². The molecule has 0 spiro atoms. The van der Waals surface area contributed by atoms with Crippen LogP contribution >= 0.6 is 23.2 Å². The predicted molar refractivity (Wildman–Crippen MR) is 54.9 cm³/mol. The van der Waals surface area contributed by atoms with E-state index in [1.807, 2.05) is 37.3 Å². The fraction of sp³-hybridized carbons (Fsp3) is 0.300. The van der Waals surface area contributed by atoms with Crippen LogP contribution in [0, 0.1) is 18.3 Å². The van der Waals surface area contributed by atoms with Gasteiger partial charge in [-0.05, 0) is 18.1 Å². The van der Waals surface area contributed by atoms with Crippen LogP contribution in [0.5, 0.6) is 0 Å². The van der Waals surface area contributed by atoms with Gasteiger partial charge >= 0.3 is 0 Å². The molecule has 0 aromatic heterocycles. The molecule has 0 aliphatic rings. The van der Waals surface area contributed by atoms with E-state index in [9.17, 15) is 0 Å². The lowest BCUT2D eigenvalue weighted by Crippen LogP contribution is -2.13. The Morgan fingerprint density at radius 3 is 2.54 bits per heavy atom. The minimum atomic E-state index is -1.31. The first-order valence-electron chi connectivity index (χ1n) is 3.89. The Balaban J connectivity index is 2.88. The Morgan fingerprint density at radius 1 is 1.38 bits per heavy atom. The van der Waals surface area contributed by atoms with Crippen LogP contribution in [0.15, 0.2) is 24.3 Å². The maximum Gasteiger partial charge on any atom is 0.207 e. The van der Waals surface area contributed by atoms with Crippen molar-refractivity contribution in [3.63, 3.8) is 0 Å². The van der Waals surface area contributed by atoms with Crippen molar-refractivity contribution in [1.29, 1.82) is 5.26 Å². The molecule has 0 amide bonds. The van der Waals surface area contributed by atoms with Crippen LogP contribution < -0.4 is 0 Å². The first-order chi connectivity index (χ1) is 6.05. The Hall–Kier alpha value is -0.710. The van der Waals surface area contributed by atoms with Crippen molar-refractivity contribution in [1.82, 2.24) is 0 Å². The Morgan fingerprint density at radius 2 is 2.00 bits per heavy atom. The lowest BCUT2D eigenvalue weighted by Gasteiger charge is -2.11. The lowest BCUT2D eigenvalue weighted by atomic mass is 10.0. The van der Waals surface area contributed by atoms with Gasteiger partial charge in [0.1, 0.15) is 6.07 Å². The molecule has 0 aliphatic carbocycles. The smallest absolute Gasteiger partial charge is 0.195 e. The molecule has 0 N–H and O–H groups in total. The summed E-state index contributed by atoms with van der Waals surface area (Å²) in [6.07, 6.45) is 0.360. The van der Waals surface area contributed by atoms with Crippen molar-refractivity contribution < 1.29 is 0 Å². The van der Waals surface area contributed by atoms with Gasteiger partial charge in [0.25, 0.3) is 0 Å². The summed E-state index contributed by atoms with van der Waals surface area (Å²) in [5.74, 6) is 0. The van der Waals surface area contributed by atoms with Gasteiger partial charge in [-0.2, -0.15) is 5.26 Å². The first-order valence-corrected chi connectivity index (χ1v) is 4.64. The standard InChI is InChI=1S/C10H9Cl2N/c1-8-4-2-3-5-9(8)6-10(11,12)7-13/h2-5H,6H2,1H3. The zero-order valence-electron chi connectivity index (χ0n) is 7.22. The zero-order valence-corrected chi connectivity index (χ0v) is 8.73. The number of rotatable bonds is 2. The number of alkyl halides is 2. The van der Waals surface area contributed by atoms with Crippen molar-refractivity contribution in [2.24, 2.45) is 0 Å². The highest BCUT2D eigenvalue weighted by Crippen LogP contribution is 2.26. The summed E-state index contributed by atoms with van der Waals surface area (Å²) >= 11 is 11.5. The number of aryl methyl sites for hydroxylation is 1. The SMILES string of the molecule is Cc1ccccc1CC(Cl)(Cl)C#N. The van der Waals surface area contributed by atoms with Crippen LogP contribution in [0.3, 0.4) is 0 Å². The third-order valence-corrected chi connectivity index (χ3v) is 2.27. The predicted octanol–water partition coefficient (Wildman–Crippen LogP) is 3.24. The molecule has 3 heteroatoms. The van der Waals surface area contributed by atoms with Gasteiger partial charge in [-0.3, -0.25) is 0 Å². The van der Waals surface area contributed by atoms with Gasteiger partial charge in [-0.1, -0.05) is 47.5 Å². The van der Waals surface area contributed by atoms with Crippen molar-refractivity contribution in [3.05, 3.63) is 35.4 Å². The number of benzene rings is 1. The van der Waals surface area contributed by atoms with Crippen molar-refractivity contribution in [2.75, 3.05) is 0 Å². The Bertz CT molecular complexity index is 339. The summed E-state index contributed by atoms with van der Waals surface area (Å²) in [4.78, 5) is 0. The molecule has 0 bridgehead atoms. The molecule has 1 aromatic rings. The van der Waals surface area contributed by atoms with E-state index in [0.717, 1.165) is 11.1 Å². The Kier molecular flexibility index (Phi) is 3.19. The van der Waals surface area contributed by atoms with Gasteiger partial charge in [0, 0.05) is 6.42 Å². The van der Waals surface area contributed by atoms with Gasteiger partial charge in [0.05, 0.1) is 0 Å². The van der Waals surface area contributed by atoms with Crippen LogP contribution in [0.4, 0.5) is 0 Å². The third kappa shape index (κ3) is 2.91.